The summed E-state index contributed by atoms with van der Waals surface area (Å²) in [6.45, 7) is 8.46. The average Bonchev–Trinajstić information content (AvgIpc) is 2.09. The lowest BCUT2D eigenvalue weighted by Gasteiger charge is -2.26. The number of methoxy groups -OCH3 is 1. The van der Waals surface area contributed by atoms with Crippen molar-refractivity contribution in [1.82, 2.24) is 0 Å². The van der Waals surface area contributed by atoms with E-state index >= 15 is 0 Å². The van der Waals surface area contributed by atoms with Gasteiger partial charge >= 0.3 is 0 Å². The molecular weight excluding hydrogens is 160 g/mol. The molecular formula is C12H18O. The molecule has 1 aromatic carbocycles. The van der Waals surface area contributed by atoms with Crippen LogP contribution in [0.1, 0.15) is 30.5 Å². The summed E-state index contributed by atoms with van der Waals surface area (Å²) >= 11 is 0. The van der Waals surface area contributed by atoms with Gasteiger partial charge in [-0.25, -0.2) is 0 Å². The number of aryl methyl sites for hydroxylation is 1. The Labute approximate surface area is 80.7 Å². The molecule has 1 rings (SSSR count). The third-order valence-corrected chi connectivity index (χ3v) is 2.76. The van der Waals surface area contributed by atoms with Crippen molar-refractivity contribution >= 4 is 0 Å². The van der Waals surface area contributed by atoms with Gasteiger partial charge in [0.2, 0.25) is 0 Å². The zero-order chi connectivity index (χ0) is 10.1. The third-order valence-electron chi connectivity index (χ3n) is 2.76. The van der Waals surface area contributed by atoms with Gasteiger partial charge in [-0.3, -0.25) is 0 Å². The van der Waals surface area contributed by atoms with Crippen molar-refractivity contribution in [2.24, 2.45) is 0 Å². The topological polar surface area (TPSA) is 9.23 Å². The van der Waals surface area contributed by atoms with Crippen LogP contribution < -0.4 is 0 Å². The van der Waals surface area contributed by atoms with Crippen LogP contribution in [0.5, 0.6) is 0 Å². The fourth-order valence-corrected chi connectivity index (χ4v) is 1.51. The third kappa shape index (κ3) is 1.92. The van der Waals surface area contributed by atoms with Crippen molar-refractivity contribution in [3.63, 3.8) is 0 Å². The summed E-state index contributed by atoms with van der Waals surface area (Å²) in [5, 5.41) is 0. The second-order valence-electron chi connectivity index (χ2n) is 3.96. The summed E-state index contributed by atoms with van der Waals surface area (Å²) < 4.78 is 5.46. The van der Waals surface area contributed by atoms with E-state index in [0.717, 1.165) is 0 Å². The van der Waals surface area contributed by atoms with Crippen LogP contribution in [-0.4, -0.2) is 7.11 Å². The maximum Gasteiger partial charge on any atom is 0.0874 e. The van der Waals surface area contributed by atoms with E-state index in [1.807, 2.05) is 0 Å². The summed E-state index contributed by atoms with van der Waals surface area (Å²) in [6, 6.07) is 6.34. The smallest absolute Gasteiger partial charge is 0.0874 e. The molecule has 72 valence electrons. The summed E-state index contributed by atoms with van der Waals surface area (Å²) in [5.41, 5.74) is 3.74. The van der Waals surface area contributed by atoms with Gasteiger partial charge in [0.05, 0.1) is 5.60 Å². The van der Waals surface area contributed by atoms with E-state index in [2.05, 4.69) is 45.9 Å². The Morgan fingerprint density at radius 3 is 2.31 bits per heavy atom. The van der Waals surface area contributed by atoms with Crippen LogP contribution in [0.15, 0.2) is 18.2 Å². The summed E-state index contributed by atoms with van der Waals surface area (Å²) in [5.74, 6) is 0. The zero-order valence-electron chi connectivity index (χ0n) is 9.14. The van der Waals surface area contributed by atoms with Gasteiger partial charge in [-0.1, -0.05) is 18.2 Å². The van der Waals surface area contributed by atoms with Crippen LogP contribution in [0.25, 0.3) is 0 Å². The lowest BCUT2D eigenvalue weighted by Crippen LogP contribution is -2.21. The van der Waals surface area contributed by atoms with E-state index < -0.39 is 0 Å². The average molecular weight is 178 g/mol. The fourth-order valence-electron chi connectivity index (χ4n) is 1.51. The van der Waals surface area contributed by atoms with Crippen molar-refractivity contribution in [2.45, 2.75) is 33.3 Å². The lowest BCUT2D eigenvalue weighted by atomic mass is 9.91. The minimum absolute atomic E-state index is 0.184. The number of hydrogen-bond donors (Lipinski definition) is 0. The summed E-state index contributed by atoms with van der Waals surface area (Å²) in [7, 11) is 1.75. The van der Waals surface area contributed by atoms with E-state index in [9.17, 15) is 0 Å². The summed E-state index contributed by atoms with van der Waals surface area (Å²) in [6.07, 6.45) is 0. The predicted molar refractivity (Wildman–Crippen MR) is 56.0 cm³/mol. The van der Waals surface area contributed by atoms with Gasteiger partial charge in [0, 0.05) is 7.11 Å². The fraction of sp³-hybridized carbons (Fsp3) is 0.500. The molecule has 1 heteroatoms. The molecule has 0 fully saturated rings. The molecule has 0 N–H and O–H groups in total. The quantitative estimate of drug-likeness (QED) is 0.675. The first-order chi connectivity index (χ1) is 5.99. The van der Waals surface area contributed by atoms with E-state index in [4.69, 9.17) is 4.74 Å². The van der Waals surface area contributed by atoms with Crippen molar-refractivity contribution in [2.75, 3.05) is 7.11 Å². The first-order valence-electron chi connectivity index (χ1n) is 4.61. The highest BCUT2D eigenvalue weighted by Crippen LogP contribution is 2.27. The first kappa shape index (κ1) is 10.3. The maximum atomic E-state index is 5.46. The van der Waals surface area contributed by atoms with Gasteiger partial charge in [0.25, 0.3) is 0 Å². The van der Waals surface area contributed by atoms with E-state index in [1.165, 1.54) is 16.7 Å². The number of hydrogen-bond acceptors (Lipinski definition) is 1. The normalized spacial score (nSPS) is 11.8. The molecule has 0 saturated carbocycles. The highest BCUT2D eigenvalue weighted by atomic mass is 16.5. The highest BCUT2D eigenvalue weighted by molar-refractivity contribution is 5.36. The maximum absolute atomic E-state index is 5.46. The van der Waals surface area contributed by atoms with Crippen molar-refractivity contribution < 1.29 is 4.74 Å². The molecule has 0 unspecified atom stereocenters. The van der Waals surface area contributed by atoms with Crippen LogP contribution >= 0.6 is 0 Å². The Balaban J connectivity index is 3.22. The lowest BCUT2D eigenvalue weighted by molar-refractivity contribution is 0.0186. The van der Waals surface area contributed by atoms with Crippen LogP contribution in [0.3, 0.4) is 0 Å². The molecule has 13 heavy (non-hydrogen) atoms. The van der Waals surface area contributed by atoms with Gasteiger partial charge in [0.1, 0.15) is 0 Å². The molecule has 0 heterocycles. The van der Waals surface area contributed by atoms with Crippen LogP contribution in [0, 0.1) is 13.8 Å². The van der Waals surface area contributed by atoms with Crippen molar-refractivity contribution in [3.05, 3.63) is 34.9 Å². The Bertz CT molecular complexity index is 300. The van der Waals surface area contributed by atoms with Gasteiger partial charge in [-0.15, -0.1) is 0 Å². The second-order valence-corrected chi connectivity index (χ2v) is 3.96. The van der Waals surface area contributed by atoms with Gasteiger partial charge < -0.3 is 4.74 Å². The standard InChI is InChI=1S/C12H18O/c1-9-7-6-8-11(10(9)2)12(3,4)13-5/h6-8H,1-5H3. The van der Waals surface area contributed by atoms with Crippen molar-refractivity contribution in [3.8, 4) is 0 Å². The molecule has 0 aliphatic carbocycles. The highest BCUT2D eigenvalue weighted by Gasteiger charge is 2.21. The molecule has 0 saturated heterocycles. The van der Waals surface area contributed by atoms with Crippen LogP contribution in [0.2, 0.25) is 0 Å². The predicted octanol–water partition coefficient (Wildman–Crippen LogP) is 3.18. The Morgan fingerprint density at radius 1 is 1.15 bits per heavy atom. The van der Waals surface area contributed by atoms with E-state index in [0.29, 0.717) is 0 Å². The molecule has 0 radical (unpaired) electrons. The molecule has 0 bridgehead atoms. The molecule has 0 aromatic heterocycles. The SMILES string of the molecule is COC(C)(C)c1cccc(C)c1C. The largest absolute Gasteiger partial charge is 0.374 e. The van der Waals surface area contributed by atoms with E-state index in [1.54, 1.807) is 7.11 Å². The van der Waals surface area contributed by atoms with Crippen LogP contribution in [0.4, 0.5) is 0 Å². The van der Waals surface area contributed by atoms with Gasteiger partial charge in [-0.05, 0) is 44.4 Å². The molecule has 1 nitrogen and oxygen atoms in total. The van der Waals surface area contributed by atoms with Gasteiger partial charge in [0.15, 0.2) is 0 Å². The van der Waals surface area contributed by atoms with Gasteiger partial charge in [-0.2, -0.15) is 0 Å². The number of ether oxygens (including phenoxy) is 1. The monoisotopic (exact) mass is 178 g/mol. The minimum atomic E-state index is -0.184. The molecule has 0 atom stereocenters. The molecule has 0 spiro atoms. The first-order valence-corrected chi connectivity index (χ1v) is 4.61. The Kier molecular flexibility index (Phi) is 2.77. The minimum Gasteiger partial charge on any atom is -0.374 e. The number of rotatable bonds is 2. The molecule has 1 aromatic rings. The van der Waals surface area contributed by atoms with E-state index in [-0.39, 0.29) is 5.60 Å². The van der Waals surface area contributed by atoms with Crippen LogP contribution in [-0.2, 0) is 10.3 Å². The molecule has 0 amide bonds. The number of benzene rings is 1. The summed E-state index contributed by atoms with van der Waals surface area (Å²) in [4.78, 5) is 0. The Hall–Kier alpha value is -0.820. The molecule has 0 aliphatic heterocycles. The molecule has 0 aliphatic rings. The zero-order valence-corrected chi connectivity index (χ0v) is 9.14. The Morgan fingerprint density at radius 2 is 1.77 bits per heavy atom. The van der Waals surface area contributed by atoms with Crippen molar-refractivity contribution in [1.29, 1.82) is 0 Å². The second kappa shape index (κ2) is 3.51.